The van der Waals surface area contributed by atoms with Crippen LogP contribution in [0.1, 0.15) is 18.4 Å². The number of hydrogen-bond donors (Lipinski definition) is 0. The van der Waals surface area contributed by atoms with Gasteiger partial charge in [0.1, 0.15) is 6.07 Å². The van der Waals surface area contributed by atoms with Crippen molar-refractivity contribution in [1.29, 1.82) is 5.26 Å². The molecule has 3 aromatic rings. The van der Waals surface area contributed by atoms with Crippen LogP contribution in [0, 0.1) is 17.2 Å². The van der Waals surface area contributed by atoms with Crippen molar-refractivity contribution in [1.82, 2.24) is 34.5 Å². The Labute approximate surface area is 196 Å². The van der Waals surface area contributed by atoms with Gasteiger partial charge in [-0.1, -0.05) is 12.1 Å². The molecule has 2 fully saturated rings. The lowest BCUT2D eigenvalue weighted by molar-refractivity contribution is -0.137. The predicted molar refractivity (Wildman–Crippen MR) is 120 cm³/mol. The van der Waals surface area contributed by atoms with E-state index in [4.69, 9.17) is 0 Å². The minimum atomic E-state index is -3.78. The number of aromatic nitrogens is 5. The van der Waals surface area contributed by atoms with E-state index in [9.17, 15) is 18.5 Å². The topological polar surface area (TPSA) is 141 Å². The molecule has 5 rings (SSSR count). The van der Waals surface area contributed by atoms with Gasteiger partial charge in [-0.3, -0.25) is 4.79 Å². The van der Waals surface area contributed by atoms with Gasteiger partial charge in [-0.25, -0.2) is 8.42 Å². The minimum Gasteiger partial charge on any atom is -0.355 e. The number of hydrogen-bond acceptors (Lipinski definition) is 9. The van der Waals surface area contributed by atoms with E-state index in [1.807, 2.05) is 18.2 Å². The van der Waals surface area contributed by atoms with Gasteiger partial charge in [0.25, 0.3) is 0 Å². The van der Waals surface area contributed by atoms with Gasteiger partial charge < -0.3 is 9.80 Å². The van der Waals surface area contributed by atoms with Gasteiger partial charge in [0.2, 0.25) is 15.9 Å². The summed E-state index contributed by atoms with van der Waals surface area (Å²) >= 11 is 0. The molecule has 0 radical (unpaired) electrons. The quantitative estimate of drug-likeness (QED) is 0.509. The van der Waals surface area contributed by atoms with E-state index >= 15 is 0 Å². The molecule has 0 atom stereocenters. The first-order valence-electron chi connectivity index (χ1n) is 11.1. The SMILES string of the molecule is N#Cc1ccccc1S(=O)(=O)N1CCN(C(=O)C2CCN(c3ccc4nnnn4n3)CC2)CC1. The smallest absolute Gasteiger partial charge is 0.244 e. The van der Waals surface area contributed by atoms with Crippen molar-refractivity contribution >= 4 is 27.4 Å². The van der Waals surface area contributed by atoms with Gasteiger partial charge in [0.05, 0.1) is 10.5 Å². The van der Waals surface area contributed by atoms with Crippen LogP contribution in [-0.4, -0.2) is 88.1 Å². The fraction of sp³-hybridized carbons (Fsp3) is 0.429. The summed E-state index contributed by atoms with van der Waals surface area (Å²) in [6, 6.07) is 11.8. The highest BCUT2D eigenvalue weighted by Crippen LogP contribution is 2.25. The molecule has 0 unspecified atom stereocenters. The number of anilines is 1. The number of piperazine rings is 1. The molecule has 0 spiro atoms. The van der Waals surface area contributed by atoms with Crippen LogP contribution in [0.25, 0.3) is 5.65 Å². The average Bonchev–Trinajstić information content (AvgIpc) is 3.36. The van der Waals surface area contributed by atoms with Gasteiger partial charge in [0.15, 0.2) is 11.5 Å². The largest absolute Gasteiger partial charge is 0.355 e. The average molecular weight is 482 g/mol. The Balaban J connectivity index is 1.17. The molecule has 34 heavy (non-hydrogen) atoms. The summed E-state index contributed by atoms with van der Waals surface area (Å²) in [7, 11) is -3.78. The third-order valence-corrected chi connectivity index (χ3v) is 8.36. The lowest BCUT2D eigenvalue weighted by Crippen LogP contribution is -2.53. The number of piperidine rings is 1. The maximum Gasteiger partial charge on any atom is 0.244 e. The number of carbonyl (C=O) groups is 1. The van der Waals surface area contributed by atoms with Crippen LogP contribution in [-0.2, 0) is 14.8 Å². The Bertz CT molecular complexity index is 1350. The second kappa shape index (κ2) is 8.96. The molecule has 0 N–H and O–H groups in total. The highest BCUT2D eigenvalue weighted by atomic mass is 32.2. The van der Waals surface area contributed by atoms with Crippen LogP contribution >= 0.6 is 0 Å². The lowest BCUT2D eigenvalue weighted by atomic mass is 9.95. The first kappa shape index (κ1) is 22.2. The van der Waals surface area contributed by atoms with Gasteiger partial charge in [-0.05, 0) is 47.5 Å². The standard InChI is InChI=1S/C21H23N9O3S/c22-15-17-3-1-2-4-18(17)34(32,33)29-13-11-28(12-14-29)21(31)16-7-9-27(10-8-16)20-6-5-19-23-25-26-30(19)24-20/h1-6,16H,7-14H2. The molecule has 0 saturated carbocycles. The monoisotopic (exact) mass is 481 g/mol. The van der Waals surface area contributed by atoms with Gasteiger partial charge in [-0.15, -0.1) is 14.8 Å². The van der Waals surface area contributed by atoms with Gasteiger partial charge >= 0.3 is 0 Å². The molecule has 2 saturated heterocycles. The van der Waals surface area contributed by atoms with Crippen molar-refractivity contribution in [3.63, 3.8) is 0 Å². The molecule has 1 amide bonds. The summed E-state index contributed by atoms with van der Waals surface area (Å²) in [4.78, 5) is 17.0. The van der Waals surface area contributed by atoms with Crippen LogP contribution < -0.4 is 4.90 Å². The Morgan fingerprint density at radius 3 is 2.47 bits per heavy atom. The van der Waals surface area contributed by atoms with E-state index in [0.29, 0.717) is 44.7 Å². The molecule has 4 heterocycles. The zero-order chi connectivity index (χ0) is 23.7. The number of tetrazole rings is 1. The zero-order valence-electron chi connectivity index (χ0n) is 18.4. The molecule has 2 aliphatic rings. The molecule has 1 aromatic carbocycles. The van der Waals surface area contributed by atoms with Crippen molar-refractivity contribution in [3.8, 4) is 6.07 Å². The first-order valence-corrected chi connectivity index (χ1v) is 12.5. The minimum absolute atomic E-state index is 0.0121. The van der Waals surface area contributed by atoms with Gasteiger partial charge in [0, 0.05) is 45.2 Å². The van der Waals surface area contributed by atoms with Crippen molar-refractivity contribution < 1.29 is 13.2 Å². The first-order chi connectivity index (χ1) is 16.5. The van der Waals surface area contributed by atoms with Crippen molar-refractivity contribution in [3.05, 3.63) is 42.0 Å². The molecule has 0 bridgehead atoms. The predicted octanol–water partition coefficient (Wildman–Crippen LogP) is 0.140. The summed E-state index contributed by atoms with van der Waals surface area (Å²) in [5.41, 5.74) is 0.701. The summed E-state index contributed by atoms with van der Waals surface area (Å²) in [5.74, 6) is 0.732. The van der Waals surface area contributed by atoms with E-state index < -0.39 is 10.0 Å². The van der Waals surface area contributed by atoms with E-state index in [2.05, 4.69) is 25.5 Å². The molecule has 13 heteroatoms. The van der Waals surface area contributed by atoms with Crippen LogP contribution in [0.15, 0.2) is 41.3 Å². The number of carbonyl (C=O) groups excluding carboxylic acids is 1. The highest BCUT2D eigenvalue weighted by molar-refractivity contribution is 7.89. The van der Waals surface area contributed by atoms with Crippen LogP contribution in [0.5, 0.6) is 0 Å². The zero-order valence-corrected chi connectivity index (χ0v) is 19.2. The summed E-state index contributed by atoms with van der Waals surface area (Å²) in [5, 5.41) is 25.0. The maximum absolute atomic E-state index is 13.1. The number of benzene rings is 1. The molecule has 12 nitrogen and oxygen atoms in total. The number of fused-ring (bicyclic) bond motifs is 1. The van der Waals surface area contributed by atoms with Crippen molar-refractivity contribution in [2.75, 3.05) is 44.2 Å². The van der Waals surface area contributed by atoms with Crippen LogP contribution in [0.3, 0.4) is 0 Å². The third kappa shape index (κ3) is 4.06. The second-order valence-electron chi connectivity index (χ2n) is 8.32. The Morgan fingerprint density at radius 1 is 1.00 bits per heavy atom. The molecule has 0 aliphatic carbocycles. The number of rotatable bonds is 4. The number of amides is 1. The van der Waals surface area contributed by atoms with Crippen LogP contribution in [0.2, 0.25) is 0 Å². The molecule has 2 aromatic heterocycles. The number of nitriles is 1. The Hall–Kier alpha value is -3.63. The third-order valence-electron chi connectivity index (χ3n) is 6.40. The highest BCUT2D eigenvalue weighted by Gasteiger charge is 2.34. The van der Waals surface area contributed by atoms with Crippen LogP contribution in [0.4, 0.5) is 5.82 Å². The molecule has 176 valence electrons. The Kier molecular flexibility index (Phi) is 5.84. The summed E-state index contributed by atoms with van der Waals surface area (Å²) in [6.45, 7) is 2.48. The number of nitrogens with zero attached hydrogens (tertiary/aromatic N) is 9. The van der Waals surface area contributed by atoms with E-state index in [0.717, 1.165) is 5.82 Å². The van der Waals surface area contributed by atoms with Gasteiger partial charge in [-0.2, -0.15) is 9.57 Å². The fourth-order valence-electron chi connectivity index (χ4n) is 4.49. The lowest BCUT2D eigenvalue weighted by Gasteiger charge is -2.38. The normalized spacial score (nSPS) is 18.2. The molecule has 2 aliphatic heterocycles. The van der Waals surface area contributed by atoms with E-state index in [1.54, 1.807) is 17.0 Å². The van der Waals surface area contributed by atoms with Crippen molar-refractivity contribution in [2.24, 2.45) is 5.92 Å². The second-order valence-corrected chi connectivity index (χ2v) is 10.2. The van der Waals surface area contributed by atoms with E-state index in [-0.39, 0.29) is 35.4 Å². The maximum atomic E-state index is 13.1. The Morgan fingerprint density at radius 2 is 1.74 bits per heavy atom. The summed E-state index contributed by atoms with van der Waals surface area (Å²) < 4.78 is 28.8. The van der Waals surface area contributed by atoms with Crippen molar-refractivity contribution in [2.45, 2.75) is 17.7 Å². The summed E-state index contributed by atoms with van der Waals surface area (Å²) in [6.07, 6.45) is 1.39. The fourth-order valence-corrected chi connectivity index (χ4v) is 6.06. The van der Waals surface area contributed by atoms with E-state index in [1.165, 1.54) is 21.1 Å². The number of sulfonamides is 1. The molecular weight excluding hydrogens is 458 g/mol. The molecular formula is C21H23N9O3S.